The highest BCUT2D eigenvalue weighted by Gasteiger charge is 2.09. The molecule has 0 unspecified atom stereocenters. The number of hydrogen-bond acceptors (Lipinski definition) is 3. The van der Waals surface area contributed by atoms with Crippen LogP contribution in [0.5, 0.6) is 0 Å². The molecule has 3 aromatic heterocycles. The van der Waals surface area contributed by atoms with E-state index in [0.717, 1.165) is 28.2 Å². The third-order valence-corrected chi connectivity index (χ3v) is 3.33. The van der Waals surface area contributed by atoms with Crippen molar-refractivity contribution in [2.45, 2.75) is 13.8 Å². The van der Waals surface area contributed by atoms with E-state index in [1.54, 1.807) is 0 Å². The maximum absolute atomic E-state index is 4.56. The van der Waals surface area contributed by atoms with Crippen LogP contribution in [0.4, 0.5) is 0 Å². The average Bonchev–Trinajstić information content (AvgIpc) is 2.97. The summed E-state index contributed by atoms with van der Waals surface area (Å²) in [6.45, 7) is 3.99. The first-order valence-corrected chi connectivity index (χ1v) is 6.49. The molecule has 0 fully saturated rings. The van der Waals surface area contributed by atoms with Crippen molar-refractivity contribution < 1.29 is 0 Å². The second kappa shape index (κ2) is 3.90. The first-order chi connectivity index (χ1) is 9.69. The van der Waals surface area contributed by atoms with E-state index in [2.05, 4.69) is 44.0 Å². The van der Waals surface area contributed by atoms with Gasteiger partial charge in [0.2, 0.25) is 0 Å². The molecule has 0 aliphatic heterocycles. The maximum Gasteiger partial charge on any atom is 0.180 e. The fraction of sp³-hybridized carbons (Fsp3) is 0.133. The molecule has 0 spiro atoms. The van der Waals surface area contributed by atoms with Crippen molar-refractivity contribution in [3.8, 4) is 11.4 Å². The second-order valence-corrected chi connectivity index (χ2v) is 5.01. The summed E-state index contributed by atoms with van der Waals surface area (Å²) in [6, 6.07) is 10.2. The molecule has 0 bridgehead atoms. The van der Waals surface area contributed by atoms with Gasteiger partial charge in [-0.1, -0.05) is 23.8 Å². The minimum Gasteiger partial charge on any atom is -0.341 e. The van der Waals surface area contributed by atoms with E-state index in [0.29, 0.717) is 11.3 Å². The van der Waals surface area contributed by atoms with E-state index in [9.17, 15) is 0 Å². The van der Waals surface area contributed by atoms with Crippen LogP contribution in [0.2, 0.25) is 0 Å². The van der Waals surface area contributed by atoms with E-state index < -0.39 is 0 Å². The highest BCUT2D eigenvalue weighted by molar-refractivity contribution is 5.87. The van der Waals surface area contributed by atoms with Crippen LogP contribution in [0.15, 0.2) is 30.3 Å². The Bertz CT molecular complexity index is 881. The number of nitrogens with one attached hydrogen (secondary N) is 2. The lowest BCUT2D eigenvalue weighted by molar-refractivity contribution is 1.16. The lowest BCUT2D eigenvalue weighted by Crippen LogP contribution is -1.81. The highest BCUT2D eigenvalue weighted by Crippen LogP contribution is 2.22. The zero-order valence-corrected chi connectivity index (χ0v) is 11.2. The number of H-pyrrole nitrogens is 2. The van der Waals surface area contributed by atoms with Gasteiger partial charge in [-0.3, -0.25) is 0 Å². The molecule has 0 amide bonds. The van der Waals surface area contributed by atoms with Gasteiger partial charge in [0.05, 0.1) is 11.0 Å². The van der Waals surface area contributed by atoms with Crippen molar-refractivity contribution in [2.75, 3.05) is 0 Å². The molecule has 4 aromatic rings. The van der Waals surface area contributed by atoms with E-state index in [1.165, 1.54) is 5.56 Å². The largest absolute Gasteiger partial charge is 0.341 e. The minimum atomic E-state index is 0.695. The summed E-state index contributed by atoms with van der Waals surface area (Å²) in [5.41, 5.74) is 5.51. The Morgan fingerprint density at radius 3 is 2.50 bits per heavy atom. The Morgan fingerprint density at radius 2 is 1.65 bits per heavy atom. The van der Waals surface area contributed by atoms with Crippen LogP contribution in [0, 0.1) is 13.8 Å². The number of aromatic amines is 2. The van der Waals surface area contributed by atoms with Crippen LogP contribution < -0.4 is 0 Å². The molecule has 98 valence electrons. The number of rotatable bonds is 1. The van der Waals surface area contributed by atoms with Crippen LogP contribution >= 0.6 is 0 Å². The molecule has 4 rings (SSSR count). The summed E-state index contributed by atoms with van der Waals surface area (Å²) < 4.78 is 0. The van der Waals surface area contributed by atoms with Gasteiger partial charge in [-0.15, -0.1) is 0 Å². The first-order valence-electron chi connectivity index (χ1n) is 6.49. The monoisotopic (exact) mass is 263 g/mol. The van der Waals surface area contributed by atoms with E-state index in [-0.39, 0.29) is 0 Å². The number of aryl methyl sites for hydroxylation is 2. The van der Waals surface area contributed by atoms with Crippen molar-refractivity contribution in [3.05, 3.63) is 41.7 Å². The van der Waals surface area contributed by atoms with Crippen molar-refractivity contribution in [2.24, 2.45) is 0 Å². The topological polar surface area (TPSA) is 70.2 Å². The molecular weight excluding hydrogens is 250 g/mol. The summed E-state index contributed by atoms with van der Waals surface area (Å²) in [5, 5.41) is 0. The van der Waals surface area contributed by atoms with Crippen molar-refractivity contribution in [1.82, 2.24) is 24.9 Å². The number of pyridine rings is 1. The van der Waals surface area contributed by atoms with Crippen molar-refractivity contribution >= 4 is 22.3 Å². The number of aromatic nitrogens is 5. The number of nitrogens with zero attached hydrogens (tertiary/aromatic N) is 3. The predicted octanol–water partition coefficient (Wildman–Crippen LogP) is 3.12. The van der Waals surface area contributed by atoms with Gasteiger partial charge in [-0.25, -0.2) is 15.0 Å². The number of fused-ring (bicyclic) bond motifs is 2. The Labute approximate surface area is 115 Å². The number of hydrogen-bond donors (Lipinski definition) is 2. The molecule has 1 aromatic carbocycles. The average molecular weight is 263 g/mol. The second-order valence-electron chi connectivity index (χ2n) is 5.01. The smallest absolute Gasteiger partial charge is 0.180 e. The molecule has 20 heavy (non-hydrogen) atoms. The molecular formula is C15H13N5. The van der Waals surface area contributed by atoms with Gasteiger partial charge in [-0.2, -0.15) is 0 Å². The molecule has 0 atom stereocenters. The SMILES string of the molecule is Cc1cccc(-c2nc3nc4nc(C)[nH]c4cc3[nH]2)c1. The Balaban J connectivity index is 1.94. The Kier molecular flexibility index (Phi) is 2.18. The fourth-order valence-electron chi connectivity index (χ4n) is 2.42. The minimum absolute atomic E-state index is 0.695. The van der Waals surface area contributed by atoms with Gasteiger partial charge < -0.3 is 9.97 Å². The lowest BCUT2D eigenvalue weighted by Gasteiger charge is -1.97. The molecule has 5 heteroatoms. The van der Waals surface area contributed by atoms with Crippen LogP contribution in [0.3, 0.4) is 0 Å². The van der Waals surface area contributed by atoms with Crippen LogP contribution in [0.1, 0.15) is 11.4 Å². The summed E-state index contributed by atoms with van der Waals surface area (Å²) in [6.07, 6.45) is 0. The van der Waals surface area contributed by atoms with Crippen LogP contribution in [0.25, 0.3) is 33.7 Å². The van der Waals surface area contributed by atoms with E-state index >= 15 is 0 Å². The summed E-state index contributed by atoms with van der Waals surface area (Å²) in [7, 11) is 0. The van der Waals surface area contributed by atoms with Gasteiger partial charge in [0.25, 0.3) is 0 Å². The molecule has 5 nitrogen and oxygen atoms in total. The summed E-state index contributed by atoms with van der Waals surface area (Å²) in [4.78, 5) is 19.9. The lowest BCUT2D eigenvalue weighted by atomic mass is 10.1. The predicted molar refractivity (Wildman–Crippen MR) is 78.5 cm³/mol. The molecule has 3 heterocycles. The normalized spacial score (nSPS) is 11.5. The summed E-state index contributed by atoms with van der Waals surface area (Å²) in [5.74, 6) is 1.69. The first kappa shape index (κ1) is 11.2. The van der Waals surface area contributed by atoms with E-state index in [4.69, 9.17) is 0 Å². The zero-order chi connectivity index (χ0) is 13.7. The van der Waals surface area contributed by atoms with Gasteiger partial charge >= 0.3 is 0 Å². The highest BCUT2D eigenvalue weighted by atomic mass is 15.0. The van der Waals surface area contributed by atoms with Gasteiger partial charge in [0, 0.05) is 5.56 Å². The Hall–Kier alpha value is -2.69. The van der Waals surface area contributed by atoms with E-state index in [1.807, 2.05) is 25.1 Å². The van der Waals surface area contributed by atoms with Gasteiger partial charge in [0.1, 0.15) is 11.6 Å². The molecule has 0 saturated heterocycles. The quantitative estimate of drug-likeness (QED) is 0.554. The number of benzene rings is 1. The Morgan fingerprint density at radius 1 is 0.850 bits per heavy atom. The third-order valence-electron chi connectivity index (χ3n) is 3.33. The van der Waals surface area contributed by atoms with Crippen LogP contribution in [-0.2, 0) is 0 Å². The van der Waals surface area contributed by atoms with Crippen LogP contribution in [-0.4, -0.2) is 24.9 Å². The standard InChI is InChI=1S/C15H13N5/c1-8-4-3-5-10(6-8)13-18-12-7-11-14(17-9(2)16-11)20-15(12)19-13/h3-7H,1-2H3,(H2,16,17,18,19,20). The van der Waals surface area contributed by atoms with Crippen molar-refractivity contribution in [3.63, 3.8) is 0 Å². The number of imidazole rings is 2. The van der Waals surface area contributed by atoms with Gasteiger partial charge in [-0.05, 0) is 26.0 Å². The fourth-order valence-corrected chi connectivity index (χ4v) is 2.42. The molecule has 0 saturated carbocycles. The zero-order valence-electron chi connectivity index (χ0n) is 11.2. The molecule has 0 radical (unpaired) electrons. The summed E-state index contributed by atoms with van der Waals surface area (Å²) >= 11 is 0. The molecule has 0 aliphatic carbocycles. The third kappa shape index (κ3) is 1.67. The molecule has 2 N–H and O–H groups in total. The maximum atomic E-state index is 4.56. The van der Waals surface area contributed by atoms with Gasteiger partial charge in [0.15, 0.2) is 11.3 Å². The molecule has 0 aliphatic rings. The van der Waals surface area contributed by atoms with Crippen molar-refractivity contribution in [1.29, 1.82) is 0 Å².